The van der Waals surface area contributed by atoms with Crippen molar-refractivity contribution in [3.8, 4) is 0 Å². The molecule has 1 atom stereocenters. The second-order valence-corrected chi connectivity index (χ2v) is 7.56. The summed E-state index contributed by atoms with van der Waals surface area (Å²) in [6.45, 7) is 2.87. The number of hydrogen-bond acceptors (Lipinski definition) is 7. The zero-order chi connectivity index (χ0) is 18.6. The molecule has 0 radical (unpaired) electrons. The Labute approximate surface area is 162 Å². The molecule has 0 N–H and O–H groups in total. The van der Waals surface area contributed by atoms with Gasteiger partial charge in [-0.2, -0.15) is 4.98 Å². The summed E-state index contributed by atoms with van der Waals surface area (Å²) >= 11 is 5.74. The third kappa shape index (κ3) is 4.50. The van der Waals surface area contributed by atoms with Crippen molar-refractivity contribution in [3.63, 3.8) is 0 Å². The number of carbonyl (C=O) groups is 1. The molecular weight excluding hydrogens is 372 g/mol. The van der Waals surface area contributed by atoms with Gasteiger partial charge in [-0.1, -0.05) is 21.9 Å². The number of ether oxygens (including phenoxy) is 1. The van der Waals surface area contributed by atoms with Gasteiger partial charge in [-0.15, -0.1) is 0 Å². The van der Waals surface area contributed by atoms with Crippen molar-refractivity contribution in [1.29, 1.82) is 0 Å². The highest BCUT2D eigenvalue weighted by atomic mass is 35.5. The van der Waals surface area contributed by atoms with E-state index in [2.05, 4.69) is 15.3 Å². The van der Waals surface area contributed by atoms with Crippen LogP contribution in [0.4, 0.5) is 0 Å². The summed E-state index contributed by atoms with van der Waals surface area (Å²) in [6, 6.07) is 1.64. The number of hydrogen-bond donors (Lipinski definition) is 0. The normalized spacial score (nSPS) is 21.5. The highest BCUT2D eigenvalue weighted by molar-refractivity contribution is 6.29. The van der Waals surface area contributed by atoms with Crippen LogP contribution in [0.3, 0.4) is 0 Å². The lowest BCUT2D eigenvalue weighted by Gasteiger charge is -2.31. The molecule has 2 aliphatic heterocycles. The smallest absolute Gasteiger partial charge is 0.231 e. The van der Waals surface area contributed by atoms with Crippen molar-refractivity contribution in [2.45, 2.75) is 50.4 Å². The fourth-order valence-electron chi connectivity index (χ4n) is 3.73. The van der Waals surface area contributed by atoms with E-state index in [1.54, 1.807) is 6.07 Å². The summed E-state index contributed by atoms with van der Waals surface area (Å²) in [4.78, 5) is 19.1. The molecule has 0 bridgehead atoms. The summed E-state index contributed by atoms with van der Waals surface area (Å²) < 4.78 is 16.0. The van der Waals surface area contributed by atoms with Crippen LogP contribution in [0.25, 0.3) is 0 Å². The number of aromatic nitrogens is 3. The molecule has 2 aliphatic rings. The first-order valence-electron chi connectivity index (χ1n) is 9.49. The summed E-state index contributed by atoms with van der Waals surface area (Å²) in [5, 5.41) is 8.13. The predicted molar refractivity (Wildman–Crippen MR) is 95.5 cm³/mol. The van der Waals surface area contributed by atoms with Gasteiger partial charge in [0.2, 0.25) is 11.8 Å². The van der Waals surface area contributed by atoms with Gasteiger partial charge in [0.25, 0.3) is 0 Å². The topological polar surface area (TPSA) is 94.5 Å². The van der Waals surface area contributed by atoms with Gasteiger partial charge in [-0.25, -0.2) is 0 Å². The van der Waals surface area contributed by atoms with Crippen molar-refractivity contribution in [2.24, 2.45) is 0 Å². The number of carbonyl (C=O) groups excluding carboxylic acids is 1. The molecule has 0 aliphatic carbocycles. The first kappa shape index (κ1) is 18.4. The van der Waals surface area contributed by atoms with E-state index in [0.717, 1.165) is 51.3 Å². The molecule has 2 aromatic rings. The number of piperidine rings is 1. The Hall–Kier alpha value is -1.93. The van der Waals surface area contributed by atoms with Gasteiger partial charge < -0.3 is 18.7 Å². The zero-order valence-electron chi connectivity index (χ0n) is 15.1. The van der Waals surface area contributed by atoms with Crippen molar-refractivity contribution in [2.75, 3.05) is 26.3 Å². The van der Waals surface area contributed by atoms with Crippen molar-refractivity contribution in [3.05, 3.63) is 28.7 Å². The number of likely N-dealkylation sites (tertiary alicyclic amines) is 1. The van der Waals surface area contributed by atoms with Crippen LogP contribution in [-0.2, 0) is 16.0 Å². The van der Waals surface area contributed by atoms with Crippen molar-refractivity contribution < 1.29 is 18.6 Å². The first-order chi connectivity index (χ1) is 13.2. The first-order valence-corrected chi connectivity index (χ1v) is 9.87. The Morgan fingerprint density at radius 3 is 2.81 bits per heavy atom. The van der Waals surface area contributed by atoms with Gasteiger partial charge in [0.1, 0.15) is 5.76 Å². The van der Waals surface area contributed by atoms with Crippen LogP contribution in [0.2, 0.25) is 5.15 Å². The molecule has 0 spiro atoms. The Morgan fingerprint density at radius 2 is 2.04 bits per heavy atom. The van der Waals surface area contributed by atoms with Gasteiger partial charge in [-0.3, -0.25) is 4.79 Å². The second-order valence-electron chi connectivity index (χ2n) is 7.17. The highest BCUT2D eigenvalue weighted by Gasteiger charge is 2.30. The Morgan fingerprint density at radius 1 is 1.19 bits per heavy atom. The summed E-state index contributed by atoms with van der Waals surface area (Å²) in [6.07, 6.45) is 4.61. The fraction of sp³-hybridized carbons (Fsp3) is 0.667. The molecule has 4 rings (SSSR count). The van der Waals surface area contributed by atoms with Gasteiger partial charge in [0.15, 0.2) is 11.0 Å². The molecule has 1 amide bonds. The van der Waals surface area contributed by atoms with E-state index in [0.29, 0.717) is 42.1 Å². The van der Waals surface area contributed by atoms with E-state index in [1.165, 1.54) is 0 Å². The average Bonchev–Trinajstić information content (AvgIpc) is 3.36. The Balaban J connectivity index is 1.33. The molecule has 1 unspecified atom stereocenters. The maximum Gasteiger partial charge on any atom is 0.231 e. The van der Waals surface area contributed by atoms with Crippen LogP contribution in [0, 0.1) is 0 Å². The number of aryl methyl sites for hydroxylation is 1. The highest BCUT2D eigenvalue weighted by Crippen LogP contribution is 2.30. The molecule has 0 saturated carbocycles. The fourth-order valence-corrected chi connectivity index (χ4v) is 3.89. The third-order valence-electron chi connectivity index (χ3n) is 5.28. The molecule has 8 nitrogen and oxygen atoms in total. The van der Waals surface area contributed by atoms with E-state index >= 15 is 0 Å². The summed E-state index contributed by atoms with van der Waals surface area (Å²) in [5.74, 6) is 2.56. The van der Waals surface area contributed by atoms with E-state index in [1.807, 2.05) is 4.90 Å². The van der Waals surface area contributed by atoms with Crippen LogP contribution >= 0.6 is 11.6 Å². The van der Waals surface area contributed by atoms with E-state index in [9.17, 15) is 4.79 Å². The molecule has 2 aromatic heterocycles. The standard InChI is InChI=1S/C18H23ClN4O4/c19-15-10-14(26-21-15)3-4-16(24)23-7-1-2-13(11-23)18-20-17(22-27-18)12-5-8-25-9-6-12/h10,12-13H,1-9,11H2. The SMILES string of the molecule is O=C(CCc1cc(Cl)no1)N1CCCC(c2nc(C3CCOCC3)no2)C1. The Kier molecular flexibility index (Phi) is 5.73. The molecule has 9 heteroatoms. The van der Waals surface area contributed by atoms with Crippen molar-refractivity contribution in [1.82, 2.24) is 20.2 Å². The number of amides is 1. The maximum atomic E-state index is 12.6. The van der Waals surface area contributed by atoms with Crippen LogP contribution in [-0.4, -0.2) is 52.4 Å². The van der Waals surface area contributed by atoms with E-state index in [4.69, 9.17) is 25.4 Å². The quantitative estimate of drug-likeness (QED) is 0.769. The van der Waals surface area contributed by atoms with Gasteiger partial charge in [0.05, 0.1) is 5.92 Å². The number of nitrogens with zero attached hydrogens (tertiary/aromatic N) is 4. The molecule has 2 saturated heterocycles. The van der Waals surface area contributed by atoms with Gasteiger partial charge in [-0.05, 0) is 25.7 Å². The summed E-state index contributed by atoms with van der Waals surface area (Å²) in [5.41, 5.74) is 0. The van der Waals surface area contributed by atoms with Gasteiger partial charge >= 0.3 is 0 Å². The van der Waals surface area contributed by atoms with Gasteiger partial charge in [0, 0.05) is 51.1 Å². The van der Waals surface area contributed by atoms with Crippen LogP contribution in [0.15, 0.2) is 15.1 Å². The lowest BCUT2D eigenvalue weighted by Crippen LogP contribution is -2.39. The maximum absolute atomic E-state index is 12.6. The number of halogens is 1. The largest absolute Gasteiger partial charge is 0.381 e. The second kappa shape index (κ2) is 8.39. The minimum Gasteiger partial charge on any atom is -0.381 e. The van der Waals surface area contributed by atoms with Crippen LogP contribution in [0.1, 0.15) is 61.4 Å². The minimum atomic E-state index is 0.0939. The average molecular weight is 395 g/mol. The molecular formula is C18H23ClN4O4. The molecule has 27 heavy (non-hydrogen) atoms. The summed E-state index contributed by atoms with van der Waals surface area (Å²) in [7, 11) is 0. The molecule has 146 valence electrons. The Bertz CT molecular complexity index is 771. The minimum absolute atomic E-state index is 0.0939. The lowest BCUT2D eigenvalue weighted by molar-refractivity contribution is -0.132. The molecule has 4 heterocycles. The van der Waals surface area contributed by atoms with Crippen LogP contribution < -0.4 is 0 Å². The predicted octanol–water partition coefficient (Wildman–Crippen LogP) is 2.94. The van der Waals surface area contributed by atoms with Crippen molar-refractivity contribution >= 4 is 17.5 Å². The molecule has 0 aromatic carbocycles. The van der Waals surface area contributed by atoms with E-state index in [-0.39, 0.29) is 11.8 Å². The van der Waals surface area contributed by atoms with Crippen LogP contribution in [0.5, 0.6) is 0 Å². The van der Waals surface area contributed by atoms with E-state index < -0.39 is 0 Å². The lowest BCUT2D eigenvalue weighted by atomic mass is 9.97. The molecule has 2 fully saturated rings. The monoisotopic (exact) mass is 394 g/mol. The third-order valence-corrected chi connectivity index (χ3v) is 5.46. The number of rotatable bonds is 5. The zero-order valence-corrected chi connectivity index (χ0v) is 15.9.